The molecule has 1 amide bonds. The molecule has 0 fully saturated rings. The third kappa shape index (κ3) is 4.23. The summed E-state index contributed by atoms with van der Waals surface area (Å²) in [6.45, 7) is 0. The van der Waals surface area contributed by atoms with Crippen molar-refractivity contribution >= 4 is 52.6 Å². The predicted molar refractivity (Wildman–Crippen MR) is 83.4 cm³/mol. The van der Waals surface area contributed by atoms with E-state index in [4.69, 9.17) is 34.8 Å². The first kappa shape index (κ1) is 14.9. The monoisotopic (exact) mass is 326 g/mol. The number of amides is 1. The highest BCUT2D eigenvalue weighted by Gasteiger charge is 2.01. The Morgan fingerprint density at radius 2 is 1.95 bits per heavy atom. The van der Waals surface area contributed by atoms with Gasteiger partial charge in [-0.05, 0) is 35.9 Å². The molecule has 0 saturated carbocycles. The zero-order valence-electron chi connectivity index (χ0n) is 10.1. The van der Waals surface area contributed by atoms with Crippen molar-refractivity contribution in [3.63, 3.8) is 0 Å². The number of rotatable bonds is 3. The lowest BCUT2D eigenvalue weighted by Gasteiger charge is -2.01. The number of nitrogens with zero attached hydrogens (tertiary/aromatic N) is 1. The van der Waals surface area contributed by atoms with Gasteiger partial charge in [0.05, 0.1) is 0 Å². The molecule has 0 spiro atoms. The quantitative estimate of drug-likeness (QED) is 0.656. The molecule has 2 aromatic rings. The van der Waals surface area contributed by atoms with E-state index in [0.717, 1.165) is 0 Å². The molecule has 0 radical (unpaired) electrons. The van der Waals surface area contributed by atoms with Gasteiger partial charge < -0.3 is 5.32 Å². The third-order valence-corrected chi connectivity index (χ3v) is 3.12. The molecule has 1 heterocycles. The molecule has 0 bridgehead atoms. The van der Waals surface area contributed by atoms with Gasteiger partial charge in [-0.25, -0.2) is 4.98 Å². The predicted octanol–water partition coefficient (Wildman–Crippen LogP) is 4.69. The van der Waals surface area contributed by atoms with E-state index in [1.165, 1.54) is 6.08 Å². The summed E-state index contributed by atoms with van der Waals surface area (Å²) < 4.78 is 0. The Bertz CT molecular complexity index is 671. The second-order valence-electron chi connectivity index (χ2n) is 3.83. The highest BCUT2D eigenvalue weighted by Crippen LogP contribution is 2.22. The summed E-state index contributed by atoms with van der Waals surface area (Å²) in [4.78, 5) is 15.7. The Morgan fingerprint density at radius 1 is 1.15 bits per heavy atom. The van der Waals surface area contributed by atoms with Gasteiger partial charge in [0, 0.05) is 16.1 Å². The van der Waals surface area contributed by atoms with Crippen LogP contribution >= 0.6 is 34.8 Å². The van der Waals surface area contributed by atoms with Crippen LogP contribution in [0.25, 0.3) is 6.08 Å². The van der Waals surface area contributed by atoms with E-state index in [1.807, 2.05) is 0 Å². The topological polar surface area (TPSA) is 42.0 Å². The Labute approximate surface area is 131 Å². The van der Waals surface area contributed by atoms with Gasteiger partial charge in [0.25, 0.3) is 0 Å². The van der Waals surface area contributed by atoms with Crippen molar-refractivity contribution in [2.24, 2.45) is 0 Å². The number of anilines is 1. The second-order valence-corrected chi connectivity index (χ2v) is 5.06. The second kappa shape index (κ2) is 6.75. The Balaban J connectivity index is 2.06. The van der Waals surface area contributed by atoms with Gasteiger partial charge in [-0.3, -0.25) is 4.79 Å². The van der Waals surface area contributed by atoms with Crippen LogP contribution in [0.1, 0.15) is 5.56 Å². The average Bonchev–Trinajstić information content (AvgIpc) is 2.37. The van der Waals surface area contributed by atoms with E-state index in [9.17, 15) is 4.79 Å². The van der Waals surface area contributed by atoms with Crippen LogP contribution in [0, 0.1) is 0 Å². The minimum atomic E-state index is -0.328. The molecule has 1 aromatic heterocycles. The van der Waals surface area contributed by atoms with Crippen LogP contribution in [-0.2, 0) is 4.79 Å². The molecule has 0 aliphatic carbocycles. The van der Waals surface area contributed by atoms with E-state index in [1.54, 1.807) is 42.5 Å². The molecule has 0 saturated heterocycles. The molecule has 0 aliphatic heterocycles. The standard InChI is InChI=1S/C14H9Cl3N2O/c15-10-6-4-9(11(16)8-10)5-7-14(20)19-13-3-1-2-12(17)18-13/h1-8H,(H,18,19,20)/b7-5+. The van der Waals surface area contributed by atoms with Crippen molar-refractivity contribution in [1.82, 2.24) is 4.98 Å². The molecule has 102 valence electrons. The van der Waals surface area contributed by atoms with Gasteiger partial charge in [0.2, 0.25) is 5.91 Å². The Morgan fingerprint density at radius 3 is 2.65 bits per heavy atom. The van der Waals surface area contributed by atoms with Gasteiger partial charge in [0.1, 0.15) is 11.0 Å². The summed E-state index contributed by atoms with van der Waals surface area (Å²) in [6.07, 6.45) is 2.95. The average molecular weight is 328 g/mol. The van der Waals surface area contributed by atoms with Gasteiger partial charge in [-0.1, -0.05) is 46.9 Å². The van der Waals surface area contributed by atoms with Gasteiger partial charge in [-0.15, -0.1) is 0 Å². The van der Waals surface area contributed by atoms with E-state index in [2.05, 4.69) is 10.3 Å². The first-order valence-electron chi connectivity index (χ1n) is 5.61. The molecule has 0 atom stereocenters. The maximum atomic E-state index is 11.7. The van der Waals surface area contributed by atoms with Crippen molar-refractivity contribution in [3.05, 3.63) is 63.2 Å². The summed E-state index contributed by atoms with van der Waals surface area (Å²) in [5.74, 6) is 0.0557. The minimum absolute atomic E-state index is 0.313. The van der Waals surface area contributed by atoms with Crippen LogP contribution in [0.5, 0.6) is 0 Å². The Kier molecular flexibility index (Phi) is 5.01. The number of nitrogens with one attached hydrogen (secondary N) is 1. The Hall–Kier alpha value is -1.55. The lowest BCUT2D eigenvalue weighted by Crippen LogP contribution is -2.08. The van der Waals surface area contributed by atoms with E-state index in [-0.39, 0.29) is 5.91 Å². The van der Waals surface area contributed by atoms with Crippen LogP contribution in [-0.4, -0.2) is 10.9 Å². The maximum absolute atomic E-state index is 11.7. The zero-order valence-corrected chi connectivity index (χ0v) is 12.4. The molecule has 6 heteroatoms. The van der Waals surface area contributed by atoms with Crippen molar-refractivity contribution < 1.29 is 4.79 Å². The molecular formula is C14H9Cl3N2O. The SMILES string of the molecule is O=C(/C=C/c1ccc(Cl)cc1Cl)Nc1cccc(Cl)n1. The number of halogens is 3. The third-order valence-electron chi connectivity index (χ3n) is 2.34. The zero-order chi connectivity index (χ0) is 14.5. The van der Waals surface area contributed by atoms with Gasteiger partial charge >= 0.3 is 0 Å². The molecule has 3 nitrogen and oxygen atoms in total. The van der Waals surface area contributed by atoms with E-state index < -0.39 is 0 Å². The molecule has 0 unspecified atom stereocenters. The highest BCUT2D eigenvalue weighted by molar-refractivity contribution is 6.35. The number of hydrogen-bond acceptors (Lipinski definition) is 2. The lowest BCUT2D eigenvalue weighted by molar-refractivity contribution is -0.111. The first-order valence-corrected chi connectivity index (χ1v) is 6.74. The first-order chi connectivity index (χ1) is 9.54. The van der Waals surface area contributed by atoms with Crippen molar-refractivity contribution in [2.45, 2.75) is 0 Å². The number of pyridine rings is 1. The van der Waals surface area contributed by atoms with Crippen LogP contribution in [0.2, 0.25) is 15.2 Å². The van der Waals surface area contributed by atoms with E-state index in [0.29, 0.717) is 26.6 Å². The fourth-order valence-electron chi connectivity index (χ4n) is 1.45. The fourth-order valence-corrected chi connectivity index (χ4v) is 2.08. The van der Waals surface area contributed by atoms with Crippen molar-refractivity contribution in [2.75, 3.05) is 5.32 Å². The molecule has 2 rings (SSSR count). The number of aromatic nitrogens is 1. The number of hydrogen-bond donors (Lipinski definition) is 1. The van der Waals surface area contributed by atoms with E-state index >= 15 is 0 Å². The van der Waals surface area contributed by atoms with Crippen LogP contribution < -0.4 is 5.32 Å². The van der Waals surface area contributed by atoms with Crippen LogP contribution in [0.15, 0.2) is 42.5 Å². The van der Waals surface area contributed by atoms with Gasteiger partial charge in [0.15, 0.2) is 0 Å². The lowest BCUT2D eigenvalue weighted by atomic mass is 10.2. The number of carbonyl (C=O) groups is 1. The molecule has 0 aliphatic rings. The summed E-state index contributed by atoms with van der Waals surface area (Å²) in [7, 11) is 0. The summed E-state index contributed by atoms with van der Waals surface area (Å²) in [6, 6.07) is 10.0. The normalized spacial score (nSPS) is 10.8. The van der Waals surface area contributed by atoms with Crippen molar-refractivity contribution in [3.8, 4) is 0 Å². The van der Waals surface area contributed by atoms with Crippen LogP contribution in [0.4, 0.5) is 5.82 Å². The maximum Gasteiger partial charge on any atom is 0.249 e. The minimum Gasteiger partial charge on any atom is -0.307 e. The number of benzene rings is 1. The summed E-state index contributed by atoms with van der Waals surface area (Å²) in [5.41, 5.74) is 0.699. The summed E-state index contributed by atoms with van der Waals surface area (Å²) in [5, 5.41) is 3.92. The highest BCUT2D eigenvalue weighted by atomic mass is 35.5. The molecule has 1 N–H and O–H groups in total. The summed E-state index contributed by atoms with van der Waals surface area (Å²) >= 11 is 17.5. The molecular weight excluding hydrogens is 319 g/mol. The fraction of sp³-hybridized carbons (Fsp3) is 0. The van der Waals surface area contributed by atoms with Crippen molar-refractivity contribution in [1.29, 1.82) is 0 Å². The van der Waals surface area contributed by atoms with Crippen LogP contribution in [0.3, 0.4) is 0 Å². The largest absolute Gasteiger partial charge is 0.307 e. The molecule has 1 aromatic carbocycles. The number of carbonyl (C=O) groups excluding carboxylic acids is 1. The molecule has 20 heavy (non-hydrogen) atoms. The van der Waals surface area contributed by atoms with Gasteiger partial charge in [-0.2, -0.15) is 0 Å². The smallest absolute Gasteiger partial charge is 0.249 e.